The van der Waals surface area contributed by atoms with E-state index in [4.69, 9.17) is 9.47 Å². The Morgan fingerprint density at radius 3 is 2.58 bits per heavy atom. The molecule has 1 N–H and O–H groups in total. The molecule has 1 aliphatic rings. The van der Waals surface area contributed by atoms with Gasteiger partial charge in [0.25, 0.3) is 5.56 Å². The van der Waals surface area contributed by atoms with Gasteiger partial charge in [-0.1, -0.05) is 18.2 Å². The Kier molecular flexibility index (Phi) is 8.22. The molecule has 11 nitrogen and oxygen atoms in total. The fourth-order valence-electron chi connectivity index (χ4n) is 5.66. The van der Waals surface area contributed by atoms with Crippen LogP contribution in [0.4, 0.5) is 4.79 Å². The number of amides is 1. The summed E-state index contributed by atoms with van der Waals surface area (Å²) in [5.41, 5.74) is 3.05. The first kappa shape index (κ1) is 29.8. The maximum atomic E-state index is 12.9. The molecule has 3 heterocycles. The highest BCUT2D eigenvalue weighted by Gasteiger charge is 2.25. The normalized spacial score (nSPS) is 16.8. The molecule has 2 aromatic carbocycles. The first-order valence-corrected chi connectivity index (χ1v) is 15.1. The van der Waals surface area contributed by atoms with Gasteiger partial charge in [-0.15, -0.1) is 0 Å². The molecule has 0 atom stereocenters. The number of rotatable bonds is 7. The number of ether oxygens (including phenoxy) is 2. The number of imidazole rings is 1. The minimum absolute atomic E-state index is 0.123. The molecule has 5 aromatic rings. The van der Waals surface area contributed by atoms with Crippen LogP contribution in [0.25, 0.3) is 28.2 Å². The van der Waals surface area contributed by atoms with Crippen LogP contribution in [-0.4, -0.2) is 48.3 Å². The number of carbonyl (C=O) groups is 1. The van der Waals surface area contributed by atoms with Crippen LogP contribution < -0.4 is 15.6 Å². The van der Waals surface area contributed by atoms with Gasteiger partial charge in [0.15, 0.2) is 11.6 Å². The van der Waals surface area contributed by atoms with E-state index in [0.29, 0.717) is 47.5 Å². The lowest BCUT2D eigenvalue weighted by atomic mass is 9.86. The number of alkyl carbamates (subject to hydrolysis) is 1. The van der Waals surface area contributed by atoms with Gasteiger partial charge in [-0.3, -0.25) is 13.8 Å². The predicted molar refractivity (Wildman–Crippen MR) is 169 cm³/mol. The Morgan fingerprint density at radius 2 is 1.84 bits per heavy atom. The SMILES string of the molecule is CC(C)(C)OC(=O)N[C@H]1CC[C@@H](COc2cnc(-c3cccc(Cn4c(=O)ccn5c6cc(C#N)ccc6nc45)c3)nc2)CC1. The van der Waals surface area contributed by atoms with E-state index >= 15 is 0 Å². The summed E-state index contributed by atoms with van der Waals surface area (Å²) in [4.78, 5) is 38.7. The predicted octanol–water partition coefficient (Wildman–Crippen LogP) is 5.49. The molecular weight excluding hydrogens is 570 g/mol. The molecule has 230 valence electrons. The third-order valence-corrected chi connectivity index (χ3v) is 7.88. The fourth-order valence-corrected chi connectivity index (χ4v) is 5.66. The topological polar surface area (TPSA) is 136 Å². The van der Waals surface area contributed by atoms with Crippen molar-refractivity contribution in [2.24, 2.45) is 5.92 Å². The zero-order valence-corrected chi connectivity index (χ0v) is 25.6. The van der Waals surface area contributed by atoms with Crippen LogP contribution in [0.2, 0.25) is 0 Å². The number of nitriles is 1. The number of nitrogens with one attached hydrogen (secondary N) is 1. The molecular formula is C34H35N7O4. The van der Waals surface area contributed by atoms with Gasteiger partial charge < -0.3 is 14.8 Å². The third kappa shape index (κ3) is 6.96. The van der Waals surface area contributed by atoms with Gasteiger partial charge in [0, 0.05) is 23.9 Å². The van der Waals surface area contributed by atoms with Gasteiger partial charge in [0.05, 0.1) is 48.2 Å². The average molecular weight is 606 g/mol. The van der Waals surface area contributed by atoms with Gasteiger partial charge in [-0.05, 0) is 82.2 Å². The molecule has 1 amide bonds. The average Bonchev–Trinajstić information content (AvgIpc) is 3.39. The lowest BCUT2D eigenvalue weighted by molar-refractivity contribution is 0.0483. The van der Waals surface area contributed by atoms with Crippen molar-refractivity contribution in [2.45, 2.75) is 64.6 Å². The van der Waals surface area contributed by atoms with Crippen molar-refractivity contribution in [2.75, 3.05) is 6.61 Å². The van der Waals surface area contributed by atoms with Gasteiger partial charge in [0.1, 0.15) is 5.60 Å². The molecule has 45 heavy (non-hydrogen) atoms. The van der Waals surface area contributed by atoms with Crippen LogP contribution >= 0.6 is 0 Å². The number of aromatic nitrogens is 5. The zero-order chi connectivity index (χ0) is 31.6. The summed E-state index contributed by atoms with van der Waals surface area (Å²) < 4.78 is 14.8. The van der Waals surface area contributed by atoms with E-state index in [2.05, 4.69) is 26.3 Å². The van der Waals surface area contributed by atoms with Gasteiger partial charge in [-0.25, -0.2) is 19.7 Å². The molecule has 1 saturated carbocycles. The van der Waals surface area contributed by atoms with Crippen LogP contribution in [0, 0.1) is 17.2 Å². The van der Waals surface area contributed by atoms with Crippen LogP contribution in [-0.2, 0) is 11.3 Å². The molecule has 0 bridgehead atoms. The fraction of sp³-hybridized carbons (Fsp3) is 0.353. The summed E-state index contributed by atoms with van der Waals surface area (Å²) in [5.74, 6) is 2.06. The summed E-state index contributed by atoms with van der Waals surface area (Å²) in [5, 5.41) is 12.3. The highest BCUT2D eigenvalue weighted by atomic mass is 16.6. The first-order valence-electron chi connectivity index (χ1n) is 15.1. The van der Waals surface area contributed by atoms with Crippen LogP contribution in [0.1, 0.15) is 57.6 Å². The number of nitrogens with zero attached hydrogens (tertiary/aromatic N) is 6. The lowest BCUT2D eigenvalue weighted by Crippen LogP contribution is -2.41. The maximum absolute atomic E-state index is 12.9. The molecule has 11 heteroatoms. The number of benzene rings is 2. The summed E-state index contributed by atoms with van der Waals surface area (Å²) in [6.07, 6.45) is 8.38. The smallest absolute Gasteiger partial charge is 0.407 e. The van der Waals surface area contributed by atoms with E-state index in [1.165, 1.54) is 6.07 Å². The molecule has 1 aliphatic carbocycles. The minimum Gasteiger partial charge on any atom is -0.490 e. The quantitative estimate of drug-likeness (QED) is 0.257. The van der Waals surface area contributed by atoms with Crippen LogP contribution in [0.15, 0.2) is 71.9 Å². The van der Waals surface area contributed by atoms with Gasteiger partial charge in [-0.2, -0.15) is 5.26 Å². The van der Waals surface area contributed by atoms with Crippen LogP contribution in [0.5, 0.6) is 5.75 Å². The second-order valence-electron chi connectivity index (χ2n) is 12.5. The summed E-state index contributed by atoms with van der Waals surface area (Å²) in [6, 6.07) is 16.8. The van der Waals surface area contributed by atoms with E-state index in [1.807, 2.05) is 49.4 Å². The largest absolute Gasteiger partial charge is 0.490 e. The number of fused-ring (bicyclic) bond motifs is 3. The van der Waals surface area contributed by atoms with Gasteiger partial charge in [0.2, 0.25) is 5.78 Å². The van der Waals surface area contributed by atoms with Crippen molar-refractivity contribution in [1.29, 1.82) is 5.26 Å². The van der Waals surface area contributed by atoms with Crippen molar-refractivity contribution in [3.63, 3.8) is 0 Å². The first-order chi connectivity index (χ1) is 21.6. The molecule has 0 radical (unpaired) electrons. The number of hydrogen-bond acceptors (Lipinski definition) is 8. The Morgan fingerprint density at radius 1 is 1.07 bits per heavy atom. The van der Waals surface area contributed by atoms with Crippen molar-refractivity contribution >= 4 is 22.9 Å². The maximum Gasteiger partial charge on any atom is 0.407 e. The molecule has 3 aromatic heterocycles. The molecule has 0 saturated heterocycles. The van der Waals surface area contributed by atoms with Gasteiger partial charge >= 0.3 is 6.09 Å². The summed E-state index contributed by atoms with van der Waals surface area (Å²) >= 11 is 0. The summed E-state index contributed by atoms with van der Waals surface area (Å²) in [6.45, 7) is 6.45. The molecule has 6 rings (SSSR count). The Bertz CT molecular complexity index is 1940. The highest BCUT2D eigenvalue weighted by molar-refractivity contribution is 5.81. The Balaban J connectivity index is 1.08. The van der Waals surface area contributed by atoms with Crippen molar-refractivity contribution < 1.29 is 14.3 Å². The van der Waals surface area contributed by atoms with E-state index in [0.717, 1.165) is 42.3 Å². The third-order valence-electron chi connectivity index (χ3n) is 7.88. The number of hydrogen-bond donors (Lipinski definition) is 1. The molecule has 0 unspecified atom stereocenters. The van der Waals surface area contributed by atoms with E-state index in [-0.39, 0.29) is 17.7 Å². The van der Waals surface area contributed by atoms with Crippen molar-refractivity contribution in [3.05, 3.63) is 88.6 Å². The Hall–Kier alpha value is -5.24. The highest BCUT2D eigenvalue weighted by Crippen LogP contribution is 2.26. The second kappa shape index (κ2) is 12.4. The van der Waals surface area contributed by atoms with Crippen molar-refractivity contribution in [1.82, 2.24) is 29.2 Å². The monoisotopic (exact) mass is 605 g/mol. The molecule has 0 aliphatic heterocycles. The standard InChI is InChI=1S/C34H35N7O4/c1-34(2,3)45-33(43)38-26-10-7-22(8-11-26)21-44-27-18-36-31(37-19-27)25-6-4-5-24(15-25)20-41-30(42)13-14-40-29-16-23(17-35)9-12-28(29)39-32(40)41/h4-6,9,12-16,18-19,22,26H,7-8,10-11,20-21H2,1-3H3,(H,38,43)/t22-,26+. The summed E-state index contributed by atoms with van der Waals surface area (Å²) in [7, 11) is 0. The number of carbonyl (C=O) groups excluding carboxylic acids is 1. The second-order valence-corrected chi connectivity index (χ2v) is 12.5. The molecule has 1 fully saturated rings. The van der Waals surface area contributed by atoms with E-state index in [9.17, 15) is 14.9 Å². The van der Waals surface area contributed by atoms with Crippen LogP contribution in [0.3, 0.4) is 0 Å². The lowest BCUT2D eigenvalue weighted by Gasteiger charge is -2.30. The van der Waals surface area contributed by atoms with Crippen molar-refractivity contribution in [3.8, 4) is 23.2 Å². The Labute approximate surface area is 260 Å². The molecule has 0 spiro atoms. The van der Waals surface area contributed by atoms with E-state index in [1.54, 1.807) is 41.4 Å². The van der Waals surface area contributed by atoms with E-state index < -0.39 is 5.60 Å². The minimum atomic E-state index is -0.506. The zero-order valence-electron chi connectivity index (χ0n) is 25.6.